The summed E-state index contributed by atoms with van der Waals surface area (Å²) in [5.74, 6) is -0.365. The number of nitrogens with two attached hydrogens (primary N) is 2. The van der Waals surface area contributed by atoms with E-state index in [4.69, 9.17) is 11.5 Å². The second-order valence-electron chi connectivity index (χ2n) is 3.18. The standard InChI is InChI=1S/C9H20N2O/c1-2-3-4-5-6-8(7-10)9(11)12/h8H,2-7,10H2,1H3,(H2,11,12). The Labute approximate surface area is 74.5 Å². The fraction of sp³-hybridized carbons (Fsp3) is 0.889. The van der Waals surface area contributed by atoms with Crippen LogP contribution in [0.15, 0.2) is 0 Å². The lowest BCUT2D eigenvalue weighted by Crippen LogP contribution is -2.29. The molecule has 1 amide bonds. The molecule has 0 heterocycles. The number of carbonyl (C=O) groups excluding carboxylic acids is 1. The topological polar surface area (TPSA) is 69.1 Å². The maximum absolute atomic E-state index is 10.7. The summed E-state index contributed by atoms with van der Waals surface area (Å²) in [4.78, 5) is 10.7. The number of primary amides is 1. The Morgan fingerprint density at radius 2 is 2.00 bits per heavy atom. The monoisotopic (exact) mass is 172 g/mol. The molecule has 12 heavy (non-hydrogen) atoms. The molecule has 0 aliphatic rings. The van der Waals surface area contributed by atoms with Gasteiger partial charge in [-0.05, 0) is 6.42 Å². The number of rotatable bonds is 7. The van der Waals surface area contributed by atoms with Crippen LogP contribution in [0.5, 0.6) is 0 Å². The van der Waals surface area contributed by atoms with Crippen molar-refractivity contribution in [3.63, 3.8) is 0 Å². The van der Waals surface area contributed by atoms with Gasteiger partial charge in [-0.1, -0.05) is 32.6 Å². The van der Waals surface area contributed by atoms with Gasteiger partial charge in [-0.15, -0.1) is 0 Å². The van der Waals surface area contributed by atoms with Crippen LogP contribution in [0.2, 0.25) is 0 Å². The van der Waals surface area contributed by atoms with Gasteiger partial charge < -0.3 is 11.5 Å². The Kier molecular flexibility index (Phi) is 6.76. The van der Waals surface area contributed by atoms with E-state index in [0.717, 1.165) is 12.8 Å². The van der Waals surface area contributed by atoms with Gasteiger partial charge in [0.25, 0.3) is 0 Å². The first-order valence-electron chi connectivity index (χ1n) is 4.71. The first kappa shape index (κ1) is 11.4. The third-order valence-corrected chi connectivity index (χ3v) is 2.09. The van der Waals surface area contributed by atoms with Crippen LogP contribution >= 0.6 is 0 Å². The zero-order valence-electron chi connectivity index (χ0n) is 7.88. The minimum absolute atomic E-state index is 0.109. The Balaban J connectivity index is 3.38. The van der Waals surface area contributed by atoms with Crippen LogP contribution in [0.3, 0.4) is 0 Å². The molecule has 3 heteroatoms. The van der Waals surface area contributed by atoms with Crippen molar-refractivity contribution in [2.75, 3.05) is 6.54 Å². The Bertz CT molecular complexity index is 126. The molecular weight excluding hydrogens is 152 g/mol. The molecule has 3 nitrogen and oxygen atoms in total. The van der Waals surface area contributed by atoms with E-state index in [1.807, 2.05) is 0 Å². The van der Waals surface area contributed by atoms with Gasteiger partial charge in [-0.3, -0.25) is 4.79 Å². The number of unbranched alkanes of at least 4 members (excludes halogenated alkanes) is 3. The molecule has 0 fully saturated rings. The van der Waals surface area contributed by atoms with E-state index >= 15 is 0 Å². The maximum Gasteiger partial charge on any atom is 0.221 e. The van der Waals surface area contributed by atoms with Crippen molar-refractivity contribution in [1.82, 2.24) is 0 Å². The van der Waals surface area contributed by atoms with Crippen LogP contribution in [-0.4, -0.2) is 12.5 Å². The van der Waals surface area contributed by atoms with Crippen molar-refractivity contribution in [1.29, 1.82) is 0 Å². The van der Waals surface area contributed by atoms with Gasteiger partial charge in [0, 0.05) is 12.5 Å². The molecule has 0 saturated heterocycles. The zero-order chi connectivity index (χ0) is 9.40. The molecule has 4 N–H and O–H groups in total. The molecule has 72 valence electrons. The Morgan fingerprint density at radius 1 is 1.33 bits per heavy atom. The molecule has 1 atom stereocenters. The smallest absolute Gasteiger partial charge is 0.221 e. The molecule has 0 aromatic heterocycles. The van der Waals surface area contributed by atoms with Gasteiger partial charge in [0.2, 0.25) is 5.91 Å². The van der Waals surface area contributed by atoms with Crippen LogP contribution in [0.4, 0.5) is 0 Å². The normalized spacial score (nSPS) is 12.8. The van der Waals surface area contributed by atoms with Crippen molar-refractivity contribution >= 4 is 5.91 Å². The molecule has 0 aliphatic carbocycles. The minimum Gasteiger partial charge on any atom is -0.369 e. The predicted octanol–water partition coefficient (Wildman–Crippen LogP) is 1.02. The molecule has 1 unspecified atom stereocenters. The van der Waals surface area contributed by atoms with Gasteiger partial charge in [0.1, 0.15) is 0 Å². The maximum atomic E-state index is 10.7. The highest BCUT2D eigenvalue weighted by Gasteiger charge is 2.11. The highest BCUT2D eigenvalue weighted by Crippen LogP contribution is 2.09. The Hall–Kier alpha value is -0.570. The lowest BCUT2D eigenvalue weighted by atomic mass is 10.0. The molecule has 0 aliphatic heterocycles. The van der Waals surface area contributed by atoms with Crippen molar-refractivity contribution < 1.29 is 4.79 Å². The first-order chi connectivity index (χ1) is 5.72. The summed E-state index contributed by atoms with van der Waals surface area (Å²) in [6.07, 6.45) is 5.55. The first-order valence-corrected chi connectivity index (χ1v) is 4.71. The van der Waals surface area contributed by atoms with Crippen molar-refractivity contribution in [2.24, 2.45) is 17.4 Å². The van der Waals surface area contributed by atoms with Crippen molar-refractivity contribution in [2.45, 2.75) is 39.0 Å². The summed E-state index contributed by atoms with van der Waals surface area (Å²) < 4.78 is 0. The second-order valence-corrected chi connectivity index (χ2v) is 3.18. The van der Waals surface area contributed by atoms with Crippen molar-refractivity contribution in [3.8, 4) is 0 Å². The molecule has 0 rings (SSSR count). The summed E-state index contributed by atoms with van der Waals surface area (Å²) in [5.41, 5.74) is 10.5. The summed E-state index contributed by atoms with van der Waals surface area (Å²) in [6, 6.07) is 0. The average Bonchev–Trinajstić information content (AvgIpc) is 2.04. The molecule has 0 bridgehead atoms. The van der Waals surface area contributed by atoms with E-state index in [-0.39, 0.29) is 11.8 Å². The minimum atomic E-state index is -0.256. The van der Waals surface area contributed by atoms with E-state index < -0.39 is 0 Å². The van der Waals surface area contributed by atoms with Crippen LogP contribution in [0.1, 0.15) is 39.0 Å². The summed E-state index contributed by atoms with van der Waals surface area (Å²) >= 11 is 0. The number of hydrogen-bond donors (Lipinski definition) is 2. The van der Waals surface area contributed by atoms with Crippen LogP contribution in [-0.2, 0) is 4.79 Å². The van der Waals surface area contributed by atoms with Crippen LogP contribution in [0.25, 0.3) is 0 Å². The van der Waals surface area contributed by atoms with E-state index in [0.29, 0.717) is 6.54 Å². The van der Waals surface area contributed by atoms with Gasteiger partial charge in [-0.25, -0.2) is 0 Å². The third-order valence-electron chi connectivity index (χ3n) is 2.09. The molecule has 0 spiro atoms. The molecule has 0 saturated carbocycles. The highest BCUT2D eigenvalue weighted by atomic mass is 16.1. The highest BCUT2D eigenvalue weighted by molar-refractivity contribution is 5.76. The van der Waals surface area contributed by atoms with Gasteiger partial charge in [0.15, 0.2) is 0 Å². The average molecular weight is 172 g/mol. The lowest BCUT2D eigenvalue weighted by molar-refractivity contribution is -0.121. The SMILES string of the molecule is CCCCCCC(CN)C(N)=O. The number of carbonyl (C=O) groups is 1. The van der Waals surface area contributed by atoms with Crippen LogP contribution in [0, 0.1) is 5.92 Å². The second kappa shape index (κ2) is 7.10. The summed E-state index contributed by atoms with van der Waals surface area (Å²) in [6.45, 7) is 2.55. The molecule has 0 aromatic carbocycles. The number of hydrogen-bond acceptors (Lipinski definition) is 2. The van der Waals surface area contributed by atoms with E-state index in [2.05, 4.69) is 6.92 Å². The predicted molar refractivity (Wildman–Crippen MR) is 50.5 cm³/mol. The lowest BCUT2D eigenvalue weighted by Gasteiger charge is -2.09. The number of amides is 1. The third kappa shape index (κ3) is 5.13. The summed E-state index contributed by atoms with van der Waals surface area (Å²) in [7, 11) is 0. The van der Waals surface area contributed by atoms with Crippen molar-refractivity contribution in [3.05, 3.63) is 0 Å². The largest absolute Gasteiger partial charge is 0.369 e. The Morgan fingerprint density at radius 3 is 2.42 bits per heavy atom. The quantitative estimate of drug-likeness (QED) is 0.563. The molecule has 0 radical (unpaired) electrons. The van der Waals surface area contributed by atoms with E-state index in [9.17, 15) is 4.79 Å². The van der Waals surface area contributed by atoms with Crippen LogP contribution < -0.4 is 11.5 Å². The fourth-order valence-corrected chi connectivity index (χ4v) is 1.19. The fourth-order valence-electron chi connectivity index (χ4n) is 1.19. The molecule has 0 aromatic rings. The van der Waals surface area contributed by atoms with E-state index in [1.165, 1.54) is 19.3 Å². The van der Waals surface area contributed by atoms with E-state index in [1.54, 1.807) is 0 Å². The van der Waals surface area contributed by atoms with Gasteiger partial charge in [0.05, 0.1) is 0 Å². The van der Waals surface area contributed by atoms with Gasteiger partial charge in [-0.2, -0.15) is 0 Å². The summed E-state index contributed by atoms with van der Waals surface area (Å²) in [5, 5.41) is 0. The molecular formula is C9H20N2O. The zero-order valence-corrected chi connectivity index (χ0v) is 7.88. The van der Waals surface area contributed by atoms with Gasteiger partial charge >= 0.3 is 0 Å².